The maximum atomic E-state index is 5.59. The van der Waals surface area contributed by atoms with Crippen molar-refractivity contribution in [2.75, 3.05) is 19.2 Å². The third-order valence-corrected chi connectivity index (χ3v) is 5.25. The SMILES string of the molecule is C=C1CCc2nc3cc4c(cc3c(Nc3ccc(C)c(OC)c3)c21)OCO4. The van der Waals surface area contributed by atoms with E-state index in [1.165, 1.54) is 0 Å². The molecular weight excluding hydrogens is 340 g/mol. The van der Waals surface area contributed by atoms with E-state index in [2.05, 4.69) is 18.0 Å². The highest BCUT2D eigenvalue weighted by molar-refractivity contribution is 6.02. The quantitative estimate of drug-likeness (QED) is 0.714. The number of aromatic nitrogens is 1. The number of nitrogens with zero attached hydrogens (tertiary/aromatic N) is 1. The number of methoxy groups -OCH3 is 1. The number of hydrogen-bond donors (Lipinski definition) is 1. The van der Waals surface area contributed by atoms with E-state index < -0.39 is 0 Å². The third kappa shape index (κ3) is 2.50. The standard InChI is InChI=1S/C22H20N2O3/c1-12-4-6-14(8-18(12)25-3)23-22-15-9-19-20(27-11-26-19)10-17(15)24-16-7-5-13(2)21(16)22/h4,6,8-10H,2,5,7,11H2,1,3H3,(H,23,24). The van der Waals surface area contributed by atoms with Gasteiger partial charge in [-0.3, -0.25) is 4.98 Å². The van der Waals surface area contributed by atoms with Crippen LogP contribution in [0.4, 0.5) is 11.4 Å². The number of rotatable bonds is 3. The lowest BCUT2D eigenvalue weighted by Gasteiger charge is -2.17. The number of fused-ring (bicyclic) bond motifs is 3. The summed E-state index contributed by atoms with van der Waals surface area (Å²) in [6, 6.07) is 10.1. The fourth-order valence-electron chi connectivity index (χ4n) is 3.83. The molecule has 0 atom stereocenters. The minimum atomic E-state index is 0.246. The molecule has 0 fully saturated rings. The summed E-state index contributed by atoms with van der Waals surface area (Å²) in [4.78, 5) is 4.87. The summed E-state index contributed by atoms with van der Waals surface area (Å²) in [6.45, 7) is 6.54. The van der Waals surface area contributed by atoms with E-state index in [0.717, 1.165) is 74.8 Å². The summed E-state index contributed by atoms with van der Waals surface area (Å²) < 4.78 is 16.6. The second-order valence-electron chi connectivity index (χ2n) is 6.94. The zero-order valence-electron chi connectivity index (χ0n) is 15.4. The first kappa shape index (κ1) is 16.0. The van der Waals surface area contributed by atoms with Gasteiger partial charge in [0.25, 0.3) is 0 Å². The first-order valence-corrected chi connectivity index (χ1v) is 9.00. The van der Waals surface area contributed by atoms with Crippen molar-refractivity contribution < 1.29 is 14.2 Å². The maximum Gasteiger partial charge on any atom is 0.231 e. The number of anilines is 2. The number of pyridine rings is 1. The molecule has 2 aromatic carbocycles. The van der Waals surface area contributed by atoms with Crippen LogP contribution >= 0.6 is 0 Å². The van der Waals surface area contributed by atoms with Crippen LogP contribution in [0.2, 0.25) is 0 Å². The minimum Gasteiger partial charge on any atom is -0.496 e. The first-order chi connectivity index (χ1) is 13.1. The van der Waals surface area contributed by atoms with Gasteiger partial charge < -0.3 is 19.5 Å². The molecular formula is C22H20N2O3. The Bertz CT molecular complexity index is 1100. The van der Waals surface area contributed by atoms with Crippen LogP contribution < -0.4 is 19.5 Å². The van der Waals surface area contributed by atoms with Crippen LogP contribution in [0, 0.1) is 6.92 Å². The zero-order valence-corrected chi connectivity index (χ0v) is 15.4. The van der Waals surface area contributed by atoms with E-state index >= 15 is 0 Å². The summed E-state index contributed by atoms with van der Waals surface area (Å²) in [5.74, 6) is 2.35. The van der Waals surface area contributed by atoms with Gasteiger partial charge in [0.1, 0.15) is 5.75 Å². The topological polar surface area (TPSA) is 52.6 Å². The van der Waals surface area contributed by atoms with Crippen molar-refractivity contribution in [3.63, 3.8) is 0 Å². The number of hydrogen-bond acceptors (Lipinski definition) is 5. The van der Waals surface area contributed by atoms with E-state index in [1.54, 1.807) is 7.11 Å². The molecule has 0 bridgehead atoms. The van der Waals surface area contributed by atoms with Crippen molar-refractivity contribution in [2.45, 2.75) is 19.8 Å². The monoisotopic (exact) mass is 360 g/mol. The predicted molar refractivity (Wildman–Crippen MR) is 106 cm³/mol. The summed E-state index contributed by atoms with van der Waals surface area (Å²) in [5.41, 5.74) is 7.27. The van der Waals surface area contributed by atoms with Gasteiger partial charge in [0.05, 0.1) is 24.0 Å². The van der Waals surface area contributed by atoms with E-state index in [1.807, 2.05) is 31.2 Å². The van der Waals surface area contributed by atoms with Gasteiger partial charge in [0.15, 0.2) is 11.5 Å². The zero-order chi connectivity index (χ0) is 18.5. The number of nitrogens with one attached hydrogen (secondary N) is 1. The van der Waals surface area contributed by atoms with Gasteiger partial charge in [-0.25, -0.2) is 0 Å². The highest BCUT2D eigenvalue weighted by Crippen LogP contribution is 2.45. The molecule has 136 valence electrons. The Morgan fingerprint density at radius 2 is 1.93 bits per heavy atom. The lowest BCUT2D eigenvalue weighted by Crippen LogP contribution is -2.00. The van der Waals surface area contributed by atoms with Crippen molar-refractivity contribution in [2.24, 2.45) is 0 Å². The van der Waals surface area contributed by atoms with Gasteiger partial charge in [0.2, 0.25) is 6.79 Å². The lowest BCUT2D eigenvalue weighted by atomic mass is 10.0. The second kappa shape index (κ2) is 5.91. The fraction of sp³-hybridized carbons (Fsp3) is 0.227. The molecule has 2 heterocycles. The summed E-state index contributed by atoms with van der Waals surface area (Å²) >= 11 is 0. The molecule has 5 rings (SSSR count). The van der Waals surface area contributed by atoms with Crippen molar-refractivity contribution >= 4 is 27.9 Å². The Morgan fingerprint density at radius 1 is 1.11 bits per heavy atom. The number of ether oxygens (including phenoxy) is 3. The molecule has 5 heteroatoms. The molecule has 0 spiro atoms. The average molecular weight is 360 g/mol. The van der Waals surface area contributed by atoms with Gasteiger partial charge >= 0.3 is 0 Å². The second-order valence-corrected chi connectivity index (χ2v) is 6.94. The van der Waals surface area contributed by atoms with Crippen molar-refractivity contribution in [1.29, 1.82) is 0 Å². The Labute approximate surface area is 157 Å². The van der Waals surface area contributed by atoms with Crippen molar-refractivity contribution in [1.82, 2.24) is 4.98 Å². The Balaban J connectivity index is 1.72. The van der Waals surface area contributed by atoms with E-state index in [0.29, 0.717) is 0 Å². The Hall–Kier alpha value is -3.21. The highest BCUT2D eigenvalue weighted by atomic mass is 16.7. The summed E-state index contributed by atoms with van der Waals surface area (Å²) in [6.07, 6.45) is 1.84. The molecule has 0 radical (unpaired) electrons. The number of aryl methyl sites for hydroxylation is 2. The van der Waals surface area contributed by atoms with E-state index in [4.69, 9.17) is 19.2 Å². The molecule has 5 nitrogen and oxygen atoms in total. The molecule has 0 saturated heterocycles. The van der Waals surface area contributed by atoms with Crippen LogP contribution in [0.3, 0.4) is 0 Å². The maximum absolute atomic E-state index is 5.59. The summed E-state index contributed by atoms with van der Waals surface area (Å²) in [5, 5.41) is 4.59. The third-order valence-electron chi connectivity index (χ3n) is 5.25. The summed E-state index contributed by atoms with van der Waals surface area (Å²) in [7, 11) is 1.69. The minimum absolute atomic E-state index is 0.246. The van der Waals surface area contributed by atoms with Gasteiger partial charge in [-0.2, -0.15) is 0 Å². The highest BCUT2D eigenvalue weighted by Gasteiger charge is 2.25. The molecule has 2 aliphatic rings. The van der Waals surface area contributed by atoms with Gasteiger partial charge in [-0.15, -0.1) is 0 Å². The Morgan fingerprint density at radius 3 is 2.74 bits per heavy atom. The molecule has 1 aromatic heterocycles. The molecule has 1 N–H and O–H groups in total. The number of allylic oxidation sites excluding steroid dienone is 1. The van der Waals surface area contributed by atoms with Crippen LogP contribution in [0.1, 0.15) is 23.2 Å². The van der Waals surface area contributed by atoms with Crippen LogP contribution in [-0.2, 0) is 6.42 Å². The van der Waals surface area contributed by atoms with Gasteiger partial charge in [0, 0.05) is 28.8 Å². The normalized spacial score (nSPS) is 14.5. The molecule has 27 heavy (non-hydrogen) atoms. The molecule has 0 amide bonds. The van der Waals surface area contributed by atoms with Crippen LogP contribution in [0.25, 0.3) is 16.5 Å². The molecule has 0 unspecified atom stereocenters. The Kier molecular flexibility index (Phi) is 3.50. The van der Waals surface area contributed by atoms with Crippen LogP contribution in [0.15, 0.2) is 36.9 Å². The van der Waals surface area contributed by atoms with Crippen molar-refractivity contribution in [3.05, 3.63) is 53.7 Å². The van der Waals surface area contributed by atoms with Gasteiger partial charge in [-0.05, 0) is 43.0 Å². The van der Waals surface area contributed by atoms with E-state index in [9.17, 15) is 0 Å². The van der Waals surface area contributed by atoms with Crippen molar-refractivity contribution in [3.8, 4) is 17.2 Å². The fourth-order valence-corrected chi connectivity index (χ4v) is 3.83. The largest absolute Gasteiger partial charge is 0.496 e. The smallest absolute Gasteiger partial charge is 0.231 e. The average Bonchev–Trinajstić information content (AvgIpc) is 3.27. The van der Waals surface area contributed by atoms with Crippen LogP contribution in [-0.4, -0.2) is 18.9 Å². The van der Waals surface area contributed by atoms with Gasteiger partial charge in [-0.1, -0.05) is 12.6 Å². The molecule has 1 aliphatic heterocycles. The predicted octanol–water partition coefficient (Wildman–Crippen LogP) is 4.98. The lowest BCUT2D eigenvalue weighted by molar-refractivity contribution is 0.174. The van der Waals surface area contributed by atoms with E-state index in [-0.39, 0.29) is 6.79 Å². The molecule has 1 aliphatic carbocycles. The first-order valence-electron chi connectivity index (χ1n) is 9.00. The molecule has 0 saturated carbocycles. The number of benzene rings is 2. The molecule has 3 aromatic rings. The van der Waals surface area contributed by atoms with Crippen LogP contribution in [0.5, 0.6) is 17.2 Å².